The lowest BCUT2D eigenvalue weighted by Crippen LogP contribution is -2.47. The van der Waals surface area contributed by atoms with Crippen LogP contribution in [0.1, 0.15) is 10.5 Å². The molecule has 0 radical (unpaired) electrons. The number of carbonyl (C=O) groups excluding carboxylic acids is 1. The van der Waals surface area contributed by atoms with E-state index >= 15 is 0 Å². The average molecular weight is 262 g/mol. The topological polar surface area (TPSA) is 52.2 Å². The number of nitrogens with zero attached hydrogens (tertiary/aromatic N) is 3. The summed E-state index contributed by atoms with van der Waals surface area (Å²) >= 11 is 0. The molecule has 1 saturated heterocycles. The van der Waals surface area contributed by atoms with Crippen LogP contribution in [0.3, 0.4) is 0 Å². The summed E-state index contributed by atoms with van der Waals surface area (Å²) in [7, 11) is 2.03. The summed E-state index contributed by atoms with van der Waals surface area (Å²) in [6.07, 6.45) is 0. The molecule has 0 atom stereocenters. The Hall–Kier alpha value is -1.95. The third-order valence-electron chi connectivity index (χ3n) is 3.54. The minimum atomic E-state index is -0.411. The van der Waals surface area contributed by atoms with Crippen LogP contribution in [0.4, 0.5) is 4.39 Å². The van der Waals surface area contributed by atoms with E-state index in [1.54, 1.807) is 17.0 Å². The quantitative estimate of drug-likeness (QED) is 0.837. The molecular formula is C13H15FN4O. The van der Waals surface area contributed by atoms with Crippen molar-refractivity contribution < 1.29 is 9.18 Å². The van der Waals surface area contributed by atoms with Gasteiger partial charge in [-0.05, 0) is 13.1 Å². The van der Waals surface area contributed by atoms with E-state index < -0.39 is 5.82 Å². The van der Waals surface area contributed by atoms with Gasteiger partial charge in [0.1, 0.15) is 11.2 Å². The van der Waals surface area contributed by atoms with Gasteiger partial charge >= 0.3 is 0 Å². The first-order valence-electron chi connectivity index (χ1n) is 6.27. The molecule has 1 fully saturated rings. The zero-order valence-corrected chi connectivity index (χ0v) is 10.7. The van der Waals surface area contributed by atoms with E-state index in [0.717, 1.165) is 13.1 Å². The third kappa shape index (κ3) is 2.08. The van der Waals surface area contributed by atoms with Gasteiger partial charge in [-0.3, -0.25) is 9.89 Å². The number of nitrogens with one attached hydrogen (secondary N) is 1. The Morgan fingerprint density at radius 1 is 1.32 bits per heavy atom. The Labute approximate surface area is 110 Å². The Morgan fingerprint density at radius 3 is 2.79 bits per heavy atom. The maximum absolute atomic E-state index is 13.5. The molecule has 100 valence electrons. The Kier molecular flexibility index (Phi) is 2.94. The number of H-pyrrole nitrogens is 1. The minimum Gasteiger partial charge on any atom is -0.335 e. The summed E-state index contributed by atoms with van der Waals surface area (Å²) in [5.41, 5.74) is 0.596. The van der Waals surface area contributed by atoms with Gasteiger partial charge in [-0.15, -0.1) is 0 Å². The molecule has 1 amide bonds. The maximum Gasteiger partial charge on any atom is 0.272 e. The van der Waals surface area contributed by atoms with E-state index in [1.165, 1.54) is 6.07 Å². The van der Waals surface area contributed by atoms with Crippen LogP contribution in [0.2, 0.25) is 0 Å². The fourth-order valence-electron chi connectivity index (χ4n) is 2.33. The second-order valence-electron chi connectivity index (χ2n) is 4.83. The summed E-state index contributed by atoms with van der Waals surface area (Å²) < 4.78 is 13.5. The maximum atomic E-state index is 13.5. The predicted molar refractivity (Wildman–Crippen MR) is 69.5 cm³/mol. The molecular weight excluding hydrogens is 247 g/mol. The van der Waals surface area contributed by atoms with Crippen LogP contribution in [-0.2, 0) is 0 Å². The molecule has 0 saturated carbocycles. The number of rotatable bonds is 1. The van der Waals surface area contributed by atoms with Crippen LogP contribution in [0, 0.1) is 5.82 Å². The van der Waals surface area contributed by atoms with Crippen molar-refractivity contribution >= 4 is 16.8 Å². The van der Waals surface area contributed by atoms with E-state index in [4.69, 9.17) is 0 Å². The Morgan fingerprint density at radius 2 is 2.05 bits per heavy atom. The number of benzene rings is 1. The molecule has 1 aromatic heterocycles. The van der Waals surface area contributed by atoms with Gasteiger partial charge in [0.25, 0.3) is 5.91 Å². The SMILES string of the molecule is CN1CCN(C(=O)c2[nH]nc3c(F)cccc23)CC1. The van der Waals surface area contributed by atoms with Gasteiger partial charge in [-0.2, -0.15) is 5.10 Å². The van der Waals surface area contributed by atoms with Crippen molar-refractivity contribution in [3.63, 3.8) is 0 Å². The van der Waals surface area contributed by atoms with Crippen molar-refractivity contribution in [1.29, 1.82) is 0 Å². The van der Waals surface area contributed by atoms with Crippen molar-refractivity contribution in [2.75, 3.05) is 33.2 Å². The van der Waals surface area contributed by atoms with Gasteiger partial charge in [0.2, 0.25) is 0 Å². The van der Waals surface area contributed by atoms with E-state index in [1.807, 2.05) is 7.05 Å². The molecule has 0 aliphatic carbocycles. The van der Waals surface area contributed by atoms with Crippen molar-refractivity contribution in [3.05, 3.63) is 29.7 Å². The number of aromatic nitrogens is 2. The number of carbonyl (C=O) groups is 1. The van der Waals surface area contributed by atoms with Crippen LogP contribution in [0.15, 0.2) is 18.2 Å². The highest BCUT2D eigenvalue weighted by Gasteiger charge is 2.23. The fourth-order valence-corrected chi connectivity index (χ4v) is 2.33. The van der Waals surface area contributed by atoms with Gasteiger partial charge in [0.15, 0.2) is 5.82 Å². The second-order valence-corrected chi connectivity index (χ2v) is 4.83. The summed E-state index contributed by atoms with van der Waals surface area (Å²) in [5.74, 6) is -0.521. The number of hydrogen-bond acceptors (Lipinski definition) is 3. The lowest BCUT2D eigenvalue weighted by Gasteiger charge is -2.32. The van der Waals surface area contributed by atoms with E-state index in [9.17, 15) is 9.18 Å². The number of amides is 1. The number of para-hydroxylation sites is 1. The molecule has 1 aliphatic rings. The molecule has 6 heteroatoms. The highest BCUT2D eigenvalue weighted by atomic mass is 19.1. The van der Waals surface area contributed by atoms with E-state index in [0.29, 0.717) is 24.2 Å². The van der Waals surface area contributed by atoms with Crippen LogP contribution in [0.25, 0.3) is 10.9 Å². The highest BCUT2D eigenvalue weighted by molar-refractivity contribution is 6.04. The monoisotopic (exact) mass is 262 g/mol. The number of likely N-dealkylation sites (N-methyl/N-ethyl adjacent to an activating group) is 1. The van der Waals surface area contributed by atoms with Crippen LogP contribution < -0.4 is 0 Å². The zero-order chi connectivity index (χ0) is 13.4. The Balaban J connectivity index is 1.92. The van der Waals surface area contributed by atoms with E-state index in [-0.39, 0.29) is 11.4 Å². The van der Waals surface area contributed by atoms with Gasteiger partial charge in [-0.1, -0.05) is 12.1 Å². The minimum absolute atomic E-state index is 0.110. The molecule has 1 aliphatic heterocycles. The van der Waals surface area contributed by atoms with Crippen molar-refractivity contribution in [2.24, 2.45) is 0 Å². The largest absolute Gasteiger partial charge is 0.335 e. The van der Waals surface area contributed by atoms with Crippen molar-refractivity contribution in [1.82, 2.24) is 20.0 Å². The van der Waals surface area contributed by atoms with Gasteiger partial charge < -0.3 is 9.80 Å². The predicted octanol–water partition coefficient (Wildman–Crippen LogP) is 1.09. The average Bonchev–Trinajstić information content (AvgIpc) is 2.84. The van der Waals surface area contributed by atoms with Crippen LogP contribution in [-0.4, -0.2) is 59.1 Å². The van der Waals surface area contributed by atoms with E-state index in [2.05, 4.69) is 15.1 Å². The van der Waals surface area contributed by atoms with Crippen molar-refractivity contribution in [3.8, 4) is 0 Å². The van der Waals surface area contributed by atoms with Crippen LogP contribution >= 0.6 is 0 Å². The number of fused-ring (bicyclic) bond motifs is 1. The molecule has 0 unspecified atom stereocenters. The summed E-state index contributed by atoms with van der Waals surface area (Å²) in [4.78, 5) is 16.4. The van der Waals surface area contributed by atoms with Crippen LogP contribution in [0.5, 0.6) is 0 Å². The number of halogens is 1. The summed E-state index contributed by atoms with van der Waals surface area (Å²) in [5, 5.41) is 7.10. The molecule has 2 aromatic rings. The normalized spacial score (nSPS) is 17.1. The first-order valence-corrected chi connectivity index (χ1v) is 6.27. The molecule has 1 aromatic carbocycles. The molecule has 3 rings (SSSR count). The lowest BCUT2D eigenvalue weighted by molar-refractivity contribution is 0.0660. The molecule has 5 nitrogen and oxygen atoms in total. The second kappa shape index (κ2) is 4.62. The number of piperazine rings is 1. The van der Waals surface area contributed by atoms with Crippen molar-refractivity contribution in [2.45, 2.75) is 0 Å². The number of hydrogen-bond donors (Lipinski definition) is 1. The fraction of sp³-hybridized carbons (Fsp3) is 0.385. The zero-order valence-electron chi connectivity index (χ0n) is 10.7. The number of aromatic amines is 1. The standard InChI is InChI=1S/C13H15FN4O/c1-17-5-7-18(8-6-17)13(19)12-9-3-2-4-10(14)11(9)15-16-12/h2-4H,5-8H2,1H3,(H,15,16). The molecule has 0 spiro atoms. The molecule has 2 heterocycles. The smallest absolute Gasteiger partial charge is 0.272 e. The highest BCUT2D eigenvalue weighted by Crippen LogP contribution is 2.20. The first kappa shape index (κ1) is 12.1. The molecule has 1 N–H and O–H groups in total. The Bertz CT molecular complexity index is 616. The first-order chi connectivity index (χ1) is 9.16. The summed E-state index contributed by atoms with van der Waals surface area (Å²) in [6, 6.07) is 4.65. The van der Waals surface area contributed by atoms with Gasteiger partial charge in [0.05, 0.1) is 0 Å². The van der Waals surface area contributed by atoms with Gasteiger partial charge in [-0.25, -0.2) is 4.39 Å². The summed E-state index contributed by atoms with van der Waals surface area (Å²) in [6.45, 7) is 3.08. The van der Waals surface area contributed by atoms with Gasteiger partial charge in [0, 0.05) is 31.6 Å². The third-order valence-corrected chi connectivity index (χ3v) is 3.54. The lowest BCUT2D eigenvalue weighted by atomic mass is 10.2. The molecule has 0 bridgehead atoms. The molecule has 19 heavy (non-hydrogen) atoms.